The number of para-hydroxylation sites is 1. The van der Waals surface area contributed by atoms with Gasteiger partial charge in [0, 0.05) is 18.0 Å². The Morgan fingerprint density at radius 1 is 1.10 bits per heavy atom. The third-order valence-electron chi connectivity index (χ3n) is 10.5. The molecule has 4 aliphatic rings. The number of hydrogen-bond acceptors (Lipinski definition) is 9. The normalized spacial score (nSPS) is 27.8. The Morgan fingerprint density at radius 3 is 2.63 bits per heavy atom. The molecular formula is C36H40F3N5O6S2. The third kappa shape index (κ3) is 7.36. The number of hydrogen-bond donors (Lipinski definition) is 3. The van der Waals surface area contributed by atoms with Crippen LogP contribution in [0.15, 0.2) is 60.7 Å². The predicted octanol–water partition coefficient (Wildman–Crippen LogP) is 5.54. The van der Waals surface area contributed by atoms with Crippen molar-refractivity contribution in [1.82, 2.24) is 19.9 Å². The van der Waals surface area contributed by atoms with Crippen molar-refractivity contribution < 1.29 is 40.7 Å². The van der Waals surface area contributed by atoms with Crippen LogP contribution in [0, 0.1) is 5.92 Å². The Bertz CT molecular complexity index is 1980. The zero-order chi connectivity index (χ0) is 36.9. The molecule has 2 aliphatic heterocycles. The summed E-state index contributed by atoms with van der Waals surface area (Å²) in [5.41, 5.74) is -1.57. The molecular weight excluding hydrogens is 720 g/mol. The number of benzene rings is 2. The minimum atomic E-state index is -4.58. The summed E-state index contributed by atoms with van der Waals surface area (Å²) in [6, 6.07) is 9.99. The van der Waals surface area contributed by atoms with Crippen molar-refractivity contribution >= 4 is 55.0 Å². The Labute approximate surface area is 303 Å². The minimum Gasteiger partial charge on any atom is -0.465 e. The molecule has 3 fully saturated rings. The first kappa shape index (κ1) is 36.2. The molecule has 7 rings (SSSR count). The van der Waals surface area contributed by atoms with Gasteiger partial charge in [-0.2, -0.15) is 13.2 Å². The van der Waals surface area contributed by atoms with Crippen LogP contribution in [-0.4, -0.2) is 71.0 Å². The number of amides is 3. The molecule has 0 bridgehead atoms. The van der Waals surface area contributed by atoms with Crippen LogP contribution in [-0.2, 0) is 30.6 Å². The van der Waals surface area contributed by atoms with Gasteiger partial charge in [0.15, 0.2) is 0 Å². The van der Waals surface area contributed by atoms with Gasteiger partial charge in [0.1, 0.15) is 23.7 Å². The average Bonchev–Trinajstić information content (AvgIpc) is 3.90. The second kappa shape index (κ2) is 13.7. The van der Waals surface area contributed by atoms with E-state index >= 15 is 0 Å². The van der Waals surface area contributed by atoms with Crippen LogP contribution in [0.25, 0.3) is 10.2 Å². The SMILES string of the molecule is CC1(S(=O)(=O)NC(=O)[C@@]23C[C@H]2C=CCCCCC[C@H](Nc2cccc(C(F)(F)F)c2)C(=O)N2C[C@H](Oc4nc5ccccc5s4)C[C@H]2C(=O)N3)CC1. The lowest BCUT2D eigenvalue weighted by Crippen LogP contribution is -2.58. The lowest BCUT2D eigenvalue weighted by Gasteiger charge is -2.30. The van der Waals surface area contributed by atoms with Crippen molar-refractivity contribution in [1.29, 1.82) is 0 Å². The molecule has 2 saturated carbocycles. The number of ether oxygens (including phenoxy) is 1. The first-order valence-corrected chi connectivity index (χ1v) is 19.8. The molecule has 2 aliphatic carbocycles. The molecule has 52 heavy (non-hydrogen) atoms. The molecule has 278 valence electrons. The van der Waals surface area contributed by atoms with E-state index in [1.54, 1.807) is 6.92 Å². The van der Waals surface area contributed by atoms with Gasteiger partial charge < -0.3 is 20.3 Å². The van der Waals surface area contributed by atoms with E-state index in [-0.39, 0.29) is 25.1 Å². The number of aromatic nitrogens is 1. The molecule has 1 saturated heterocycles. The zero-order valence-electron chi connectivity index (χ0n) is 28.4. The molecule has 1 aromatic heterocycles. The lowest BCUT2D eigenvalue weighted by atomic mass is 10.0. The fourth-order valence-electron chi connectivity index (χ4n) is 6.98. The summed E-state index contributed by atoms with van der Waals surface area (Å²) in [5, 5.41) is 6.21. The first-order valence-electron chi connectivity index (χ1n) is 17.5. The van der Waals surface area contributed by atoms with Crippen LogP contribution in [0.5, 0.6) is 5.19 Å². The predicted molar refractivity (Wildman–Crippen MR) is 189 cm³/mol. The number of nitrogens with one attached hydrogen (secondary N) is 3. The summed E-state index contributed by atoms with van der Waals surface area (Å²) in [5.74, 6) is -2.44. The first-order chi connectivity index (χ1) is 24.7. The minimum absolute atomic E-state index is 0.0249. The lowest BCUT2D eigenvalue weighted by molar-refractivity contribution is -0.140. The van der Waals surface area contributed by atoms with Gasteiger partial charge in [-0.15, -0.1) is 0 Å². The van der Waals surface area contributed by atoms with Crippen molar-refractivity contribution in [2.45, 2.75) is 99.4 Å². The highest BCUT2D eigenvalue weighted by atomic mass is 32.2. The number of anilines is 1. The number of rotatable bonds is 7. The Balaban J connectivity index is 1.19. The van der Waals surface area contributed by atoms with E-state index in [1.807, 2.05) is 36.4 Å². The van der Waals surface area contributed by atoms with E-state index < -0.39 is 73.9 Å². The summed E-state index contributed by atoms with van der Waals surface area (Å²) in [7, 11) is -4.00. The summed E-state index contributed by atoms with van der Waals surface area (Å²) >= 11 is 1.32. The molecule has 0 spiro atoms. The monoisotopic (exact) mass is 759 g/mol. The number of carbonyl (C=O) groups excluding carboxylic acids is 3. The number of sulfonamides is 1. The standard InChI is InChI=1S/C36H40F3N5O6S2/c1-34(16-17-34)52(48,49)43-32(47)35-20-23(35)10-5-3-2-4-6-14-27(40-24-12-9-11-22(18-24)36(37,38)39)31(46)44-21-25(19-28(44)30(45)42-35)50-33-41-26-13-7-8-15-29(26)51-33/h5,7-13,15,18,23,25,27-28,40H,2-4,6,14,16-17,19-21H2,1H3,(H,42,45)(H,43,47)/t23-,25-,27+,28+,35-/m1/s1. The fraction of sp³-hybridized carbons (Fsp3) is 0.500. The second-order valence-electron chi connectivity index (χ2n) is 14.4. The number of carbonyl (C=O) groups is 3. The molecule has 16 heteroatoms. The molecule has 0 unspecified atom stereocenters. The van der Waals surface area contributed by atoms with Crippen LogP contribution in [0.2, 0.25) is 0 Å². The molecule has 3 aromatic rings. The Kier molecular flexibility index (Phi) is 9.51. The molecule has 3 heterocycles. The summed E-state index contributed by atoms with van der Waals surface area (Å²) < 4.78 is 75.2. The zero-order valence-corrected chi connectivity index (χ0v) is 30.1. The number of fused-ring (bicyclic) bond motifs is 3. The van der Waals surface area contributed by atoms with Gasteiger partial charge in [-0.25, -0.2) is 13.4 Å². The highest BCUT2D eigenvalue weighted by Crippen LogP contribution is 2.47. The van der Waals surface area contributed by atoms with Gasteiger partial charge in [-0.3, -0.25) is 19.1 Å². The molecule has 2 aromatic carbocycles. The highest BCUT2D eigenvalue weighted by molar-refractivity contribution is 7.91. The smallest absolute Gasteiger partial charge is 0.416 e. The topological polar surface area (TPSA) is 147 Å². The number of nitrogens with zero attached hydrogens (tertiary/aromatic N) is 2. The van der Waals surface area contributed by atoms with Crippen LogP contribution < -0.4 is 20.1 Å². The van der Waals surface area contributed by atoms with Gasteiger partial charge >= 0.3 is 6.18 Å². The van der Waals surface area contributed by atoms with Crippen molar-refractivity contribution in [3.63, 3.8) is 0 Å². The maximum atomic E-state index is 14.5. The van der Waals surface area contributed by atoms with Crippen LogP contribution in [0.4, 0.5) is 18.9 Å². The molecule has 3 N–H and O–H groups in total. The number of alkyl halides is 3. The maximum absolute atomic E-state index is 14.5. The number of allylic oxidation sites excluding steroid dienone is 1. The van der Waals surface area contributed by atoms with Crippen molar-refractivity contribution in [3.05, 3.63) is 66.2 Å². The largest absolute Gasteiger partial charge is 0.465 e. The van der Waals surface area contributed by atoms with E-state index in [0.717, 1.165) is 35.2 Å². The molecule has 3 amide bonds. The molecule has 5 atom stereocenters. The summed E-state index contributed by atoms with van der Waals surface area (Å²) in [4.78, 5) is 48.4. The summed E-state index contributed by atoms with van der Waals surface area (Å²) in [6.07, 6.45) is 2.53. The average molecular weight is 760 g/mol. The van der Waals surface area contributed by atoms with Gasteiger partial charge in [0.2, 0.25) is 21.8 Å². The van der Waals surface area contributed by atoms with Gasteiger partial charge in [0.05, 0.1) is 27.1 Å². The van der Waals surface area contributed by atoms with E-state index in [9.17, 15) is 36.0 Å². The number of halogens is 3. The van der Waals surface area contributed by atoms with Crippen molar-refractivity contribution in [3.8, 4) is 5.19 Å². The van der Waals surface area contributed by atoms with Crippen LogP contribution in [0.3, 0.4) is 0 Å². The van der Waals surface area contributed by atoms with E-state index in [4.69, 9.17) is 4.74 Å². The Morgan fingerprint density at radius 2 is 1.88 bits per heavy atom. The fourth-order valence-corrected chi connectivity index (χ4v) is 9.17. The number of thiazole rings is 1. The van der Waals surface area contributed by atoms with E-state index in [0.29, 0.717) is 37.3 Å². The van der Waals surface area contributed by atoms with E-state index in [1.165, 1.54) is 28.4 Å². The van der Waals surface area contributed by atoms with Crippen LogP contribution in [0.1, 0.15) is 70.3 Å². The maximum Gasteiger partial charge on any atom is 0.416 e. The van der Waals surface area contributed by atoms with Crippen LogP contribution >= 0.6 is 11.3 Å². The van der Waals surface area contributed by atoms with Gasteiger partial charge in [-0.05, 0) is 75.8 Å². The van der Waals surface area contributed by atoms with Crippen molar-refractivity contribution in [2.75, 3.05) is 11.9 Å². The van der Waals surface area contributed by atoms with Crippen molar-refractivity contribution in [2.24, 2.45) is 5.92 Å². The second-order valence-corrected chi connectivity index (χ2v) is 17.6. The third-order valence-corrected chi connectivity index (χ3v) is 13.6. The summed E-state index contributed by atoms with van der Waals surface area (Å²) in [6.45, 7) is 1.54. The molecule has 11 nitrogen and oxygen atoms in total. The molecule has 0 radical (unpaired) electrons. The quantitative estimate of drug-likeness (QED) is 0.267. The van der Waals surface area contributed by atoms with Gasteiger partial charge in [-0.1, -0.05) is 54.5 Å². The Hall–Kier alpha value is -4.18. The van der Waals surface area contributed by atoms with Gasteiger partial charge in [0.25, 0.3) is 11.1 Å². The highest BCUT2D eigenvalue weighted by Gasteiger charge is 2.63. The van der Waals surface area contributed by atoms with E-state index in [2.05, 4.69) is 20.3 Å².